The first-order valence-electron chi connectivity index (χ1n) is 18.3. The molecule has 0 spiro atoms. The van der Waals surface area contributed by atoms with Crippen molar-refractivity contribution in [3.63, 3.8) is 0 Å². The third-order valence-corrected chi connectivity index (χ3v) is 10.0. The minimum Gasteiger partial charge on any atom is -0.461 e. The highest BCUT2D eigenvalue weighted by atomic mass is 32.2. The Kier molecular flexibility index (Phi) is 19.9. The number of ketones is 1. The third-order valence-electron chi connectivity index (χ3n) is 8.67. The van der Waals surface area contributed by atoms with E-state index in [0.29, 0.717) is 36.9 Å². The van der Waals surface area contributed by atoms with Crippen LogP contribution in [0.3, 0.4) is 0 Å². The van der Waals surface area contributed by atoms with Gasteiger partial charge in [-0.05, 0) is 56.2 Å². The number of nitrogens with two attached hydrogens (primary N) is 1. The van der Waals surface area contributed by atoms with Crippen molar-refractivity contribution in [3.05, 3.63) is 29.8 Å². The van der Waals surface area contributed by atoms with Crippen molar-refractivity contribution in [2.75, 3.05) is 31.2 Å². The van der Waals surface area contributed by atoms with Gasteiger partial charge >= 0.3 is 12.0 Å². The molecular weight excluding hydrogens is 735 g/mol. The molecule has 8 amide bonds. The summed E-state index contributed by atoms with van der Waals surface area (Å²) in [6.45, 7) is 6.65. The fourth-order valence-corrected chi connectivity index (χ4v) is 6.95. The molecule has 1 saturated heterocycles. The van der Waals surface area contributed by atoms with Crippen LogP contribution < -0.4 is 32.3 Å². The zero-order chi connectivity index (χ0) is 41.1. The standard InChI is InChI=1S/C37H55N7O10S/c1-22(2)32(35(51)42-28(10-9-16-40-37(38)53)34(50)41-27-14-12-25(13-15-27)20-54-24(4)46)43-30(47)11-7-6-8-17-44-31(48)19-29(36(44)52)55-21-26(18-23(3)45)33(49)39-5/h12-15,22,26,28-29,32H,6-11,16-21H2,1-5H3,(H,39,49)(H,41,50)(H,42,51)(H,43,47)(H3,38,40,53)/t26-,28-,29?,32-/m0/s1. The molecule has 1 aliphatic rings. The molecule has 2 rings (SSSR count). The first-order chi connectivity index (χ1) is 26.0. The first kappa shape index (κ1) is 46.2. The van der Waals surface area contributed by atoms with Gasteiger partial charge in [0.15, 0.2) is 0 Å². The lowest BCUT2D eigenvalue weighted by Crippen LogP contribution is -2.54. The van der Waals surface area contributed by atoms with Gasteiger partial charge in [-0.25, -0.2) is 4.79 Å². The summed E-state index contributed by atoms with van der Waals surface area (Å²) < 4.78 is 4.98. The van der Waals surface area contributed by atoms with E-state index in [4.69, 9.17) is 10.5 Å². The number of rotatable bonds is 24. The summed E-state index contributed by atoms with van der Waals surface area (Å²) in [7, 11) is 1.48. The molecule has 17 nitrogen and oxygen atoms in total. The minimum atomic E-state index is -1.02. The Morgan fingerprint density at radius 2 is 1.62 bits per heavy atom. The molecule has 0 bridgehead atoms. The zero-order valence-electron chi connectivity index (χ0n) is 32.2. The maximum Gasteiger partial charge on any atom is 0.312 e. The summed E-state index contributed by atoms with van der Waals surface area (Å²) in [5.74, 6) is -3.65. The molecule has 55 heavy (non-hydrogen) atoms. The van der Waals surface area contributed by atoms with Gasteiger partial charge in [0.2, 0.25) is 35.4 Å². The highest BCUT2D eigenvalue weighted by molar-refractivity contribution is 8.00. The lowest BCUT2D eigenvalue weighted by molar-refractivity contribution is -0.142. The van der Waals surface area contributed by atoms with E-state index in [0.717, 1.165) is 0 Å². The van der Waals surface area contributed by atoms with Crippen LogP contribution in [0.4, 0.5) is 10.5 Å². The number of primary amides is 1. The van der Waals surface area contributed by atoms with Crippen LogP contribution in [0.25, 0.3) is 0 Å². The number of esters is 1. The highest BCUT2D eigenvalue weighted by Crippen LogP contribution is 2.28. The maximum absolute atomic E-state index is 13.4. The van der Waals surface area contributed by atoms with Crippen LogP contribution in [0.15, 0.2) is 24.3 Å². The van der Waals surface area contributed by atoms with Gasteiger partial charge < -0.3 is 41.8 Å². The predicted molar refractivity (Wildman–Crippen MR) is 205 cm³/mol. The number of hydrogen-bond donors (Lipinski definition) is 6. The summed E-state index contributed by atoms with van der Waals surface area (Å²) in [6.07, 6.45) is 2.06. The SMILES string of the molecule is CNC(=O)[C@H](CSC1CC(=O)N(CCCCCC(=O)N[C@H](C(=O)N[C@@H](CCCNC(N)=O)C(=O)Nc2ccc(COC(C)=O)cc2)C(C)C)C1=O)CC(C)=O. The first-order valence-corrected chi connectivity index (χ1v) is 19.4. The highest BCUT2D eigenvalue weighted by Gasteiger charge is 2.39. The van der Waals surface area contributed by atoms with Crippen molar-refractivity contribution in [3.8, 4) is 0 Å². The molecule has 0 radical (unpaired) electrons. The van der Waals surface area contributed by atoms with E-state index in [1.54, 1.807) is 38.1 Å². The number of amides is 8. The number of anilines is 1. The number of Topliss-reactive ketones (excluding diaryl/α,β-unsaturated/α-hetero) is 1. The van der Waals surface area contributed by atoms with Crippen LogP contribution in [0.5, 0.6) is 0 Å². The number of nitrogens with one attached hydrogen (secondary N) is 5. The number of likely N-dealkylation sites (tertiary alicyclic amines) is 1. The molecule has 0 saturated carbocycles. The third kappa shape index (κ3) is 16.9. The lowest BCUT2D eigenvalue weighted by Gasteiger charge is -2.25. The number of carbonyl (C=O) groups excluding carboxylic acids is 9. The van der Waals surface area contributed by atoms with E-state index in [-0.39, 0.29) is 86.5 Å². The zero-order valence-corrected chi connectivity index (χ0v) is 33.0. The van der Waals surface area contributed by atoms with Gasteiger partial charge in [0.1, 0.15) is 24.5 Å². The average Bonchev–Trinajstić information content (AvgIpc) is 3.39. The molecule has 304 valence electrons. The Labute approximate surface area is 325 Å². The van der Waals surface area contributed by atoms with Gasteiger partial charge in [-0.2, -0.15) is 0 Å². The topological polar surface area (TPSA) is 252 Å². The predicted octanol–water partition coefficient (Wildman–Crippen LogP) is 1.52. The number of thioether (sulfide) groups is 1. The van der Waals surface area contributed by atoms with E-state index in [2.05, 4.69) is 26.6 Å². The van der Waals surface area contributed by atoms with E-state index in [9.17, 15) is 43.2 Å². The van der Waals surface area contributed by atoms with Crippen molar-refractivity contribution >= 4 is 70.7 Å². The van der Waals surface area contributed by atoms with Crippen molar-refractivity contribution in [1.29, 1.82) is 0 Å². The molecule has 1 unspecified atom stereocenters. The number of nitrogens with zero attached hydrogens (tertiary/aromatic N) is 1. The number of ether oxygens (including phenoxy) is 1. The molecule has 1 aromatic carbocycles. The summed E-state index contributed by atoms with van der Waals surface area (Å²) >= 11 is 1.20. The van der Waals surface area contributed by atoms with Gasteiger partial charge in [-0.1, -0.05) is 32.4 Å². The lowest BCUT2D eigenvalue weighted by atomic mass is 10.0. The molecule has 1 aliphatic heterocycles. The Morgan fingerprint density at radius 1 is 0.927 bits per heavy atom. The summed E-state index contributed by atoms with van der Waals surface area (Å²) in [6, 6.07) is 3.92. The van der Waals surface area contributed by atoms with Gasteiger partial charge in [-0.15, -0.1) is 11.8 Å². The van der Waals surface area contributed by atoms with Crippen molar-refractivity contribution in [2.45, 2.75) is 103 Å². The Morgan fingerprint density at radius 3 is 2.22 bits per heavy atom. The van der Waals surface area contributed by atoms with Crippen molar-refractivity contribution < 1.29 is 47.9 Å². The maximum atomic E-state index is 13.4. The second kappa shape index (κ2) is 23.7. The van der Waals surface area contributed by atoms with Crippen LogP contribution in [0.1, 0.15) is 84.6 Å². The van der Waals surface area contributed by atoms with Gasteiger partial charge in [-0.3, -0.25) is 38.5 Å². The number of benzene rings is 1. The molecule has 18 heteroatoms. The van der Waals surface area contributed by atoms with Crippen LogP contribution in [-0.4, -0.2) is 101 Å². The fourth-order valence-electron chi connectivity index (χ4n) is 5.69. The normalized spacial score (nSPS) is 15.5. The van der Waals surface area contributed by atoms with Gasteiger partial charge in [0, 0.05) is 57.8 Å². The largest absolute Gasteiger partial charge is 0.461 e. The van der Waals surface area contributed by atoms with E-state index in [1.807, 2.05) is 0 Å². The second-order valence-corrected chi connectivity index (χ2v) is 14.9. The molecule has 4 atom stereocenters. The van der Waals surface area contributed by atoms with Crippen LogP contribution in [0, 0.1) is 11.8 Å². The molecule has 0 aromatic heterocycles. The van der Waals surface area contributed by atoms with Gasteiger partial charge in [0.25, 0.3) is 0 Å². The molecule has 7 N–H and O–H groups in total. The number of urea groups is 1. The summed E-state index contributed by atoms with van der Waals surface area (Å²) in [4.78, 5) is 112. The van der Waals surface area contributed by atoms with E-state index in [1.165, 1.54) is 37.6 Å². The monoisotopic (exact) mass is 789 g/mol. The Balaban J connectivity index is 1.89. The minimum absolute atomic E-state index is 0.0178. The van der Waals surface area contributed by atoms with E-state index >= 15 is 0 Å². The number of carbonyl (C=O) groups is 9. The number of hydrogen-bond acceptors (Lipinski definition) is 11. The van der Waals surface area contributed by atoms with Crippen molar-refractivity contribution in [1.82, 2.24) is 26.2 Å². The van der Waals surface area contributed by atoms with Gasteiger partial charge in [0.05, 0.1) is 11.2 Å². The molecular formula is C37H55N7O10S. The quantitative estimate of drug-likeness (QED) is 0.0498. The molecule has 1 aromatic rings. The Hall–Kier alpha value is -5.00. The average molecular weight is 790 g/mol. The number of imide groups is 1. The van der Waals surface area contributed by atoms with Crippen molar-refractivity contribution in [2.24, 2.45) is 17.6 Å². The van der Waals surface area contributed by atoms with Crippen LogP contribution in [-0.2, 0) is 49.7 Å². The van der Waals surface area contributed by atoms with Crippen LogP contribution >= 0.6 is 11.8 Å². The molecule has 1 heterocycles. The van der Waals surface area contributed by atoms with Crippen LogP contribution in [0.2, 0.25) is 0 Å². The Bertz CT molecular complexity index is 1540. The summed E-state index contributed by atoms with van der Waals surface area (Å²) in [5, 5.41) is 12.6. The molecule has 1 fully saturated rings. The van der Waals surface area contributed by atoms with E-state index < -0.39 is 47.1 Å². The second-order valence-electron chi connectivity index (χ2n) is 13.7. The summed E-state index contributed by atoms with van der Waals surface area (Å²) in [5.41, 5.74) is 6.29. The number of unbranched alkanes of at least 4 members (excludes halogenated alkanes) is 2. The fraction of sp³-hybridized carbons (Fsp3) is 0.595. The molecule has 0 aliphatic carbocycles. The smallest absolute Gasteiger partial charge is 0.312 e.